The van der Waals surface area contributed by atoms with Crippen LogP contribution in [0.5, 0.6) is 0 Å². The summed E-state index contributed by atoms with van der Waals surface area (Å²) in [5, 5.41) is 1.03. The van der Waals surface area contributed by atoms with Gasteiger partial charge in [0.1, 0.15) is 6.04 Å². The molecule has 3 aromatic carbocycles. The fourth-order valence-electron chi connectivity index (χ4n) is 4.71. The molecule has 0 saturated heterocycles. The number of benzene rings is 3. The number of esters is 1. The van der Waals surface area contributed by atoms with Crippen LogP contribution < -0.4 is 0 Å². The lowest BCUT2D eigenvalue weighted by molar-refractivity contribution is -0.145. The number of nitrogens with zero attached hydrogens (tertiary/aromatic N) is 1. The van der Waals surface area contributed by atoms with E-state index < -0.39 is 18.1 Å². The Bertz CT molecular complexity index is 1340. The zero-order chi connectivity index (χ0) is 22.4. The minimum absolute atomic E-state index is 0.163. The molecule has 1 aliphatic rings. The maximum absolute atomic E-state index is 13.5. The Morgan fingerprint density at radius 2 is 1.69 bits per heavy atom. The highest BCUT2D eigenvalue weighted by Gasteiger charge is 2.44. The first-order valence-electron chi connectivity index (χ1n) is 10.7. The third kappa shape index (κ3) is 3.01. The van der Waals surface area contributed by atoms with Crippen LogP contribution in [-0.4, -0.2) is 34.9 Å². The van der Waals surface area contributed by atoms with Gasteiger partial charge in [0.05, 0.1) is 18.8 Å². The molecule has 0 saturated carbocycles. The average Bonchev–Trinajstić information content (AvgIpc) is 3.34. The first kappa shape index (κ1) is 20.1. The van der Waals surface area contributed by atoms with Crippen LogP contribution in [0.15, 0.2) is 72.8 Å². The maximum atomic E-state index is 13.5. The summed E-state index contributed by atoms with van der Waals surface area (Å²) in [5.41, 5.74) is 6.64. The number of ether oxygens (including phenoxy) is 1. The molecule has 4 aromatic rings. The van der Waals surface area contributed by atoms with E-state index in [9.17, 15) is 9.59 Å². The number of hydrogen-bond acceptors (Lipinski definition) is 3. The topological polar surface area (TPSA) is 62.4 Å². The van der Waals surface area contributed by atoms with Crippen LogP contribution in [0.4, 0.5) is 0 Å². The number of para-hydroxylation sites is 1. The van der Waals surface area contributed by atoms with E-state index in [1.54, 1.807) is 11.8 Å². The van der Waals surface area contributed by atoms with Crippen molar-refractivity contribution in [3.8, 4) is 11.3 Å². The van der Waals surface area contributed by atoms with Crippen molar-refractivity contribution in [3.63, 3.8) is 0 Å². The number of carbonyl (C=O) groups excluding carboxylic acids is 2. The highest BCUT2D eigenvalue weighted by atomic mass is 16.5. The van der Waals surface area contributed by atoms with Gasteiger partial charge in [-0.2, -0.15) is 0 Å². The molecular weight excluding hydrogens is 400 g/mol. The molecule has 0 radical (unpaired) electrons. The van der Waals surface area contributed by atoms with Gasteiger partial charge in [-0.1, -0.05) is 66.2 Å². The van der Waals surface area contributed by atoms with Gasteiger partial charge in [-0.15, -0.1) is 0 Å². The van der Waals surface area contributed by atoms with Gasteiger partial charge < -0.3 is 14.6 Å². The van der Waals surface area contributed by atoms with Crippen LogP contribution in [0, 0.1) is 6.92 Å². The van der Waals surface area contributed by atoms with Gasteiger partial charge in [0, 0.05) is 22.0 Å². The number of nitrogens with one attached hydrogen (secondary N) is 1. The summed E-state index contributed by atoms with van der Waals surface area (Å²) in [6.45, 7) is 3.78. The molecule has 2 atom stereocenters. The fourth-order valence-corrected chi connectivity index (χ4v) is 4.71. The summed E-state index contributed by atoms with van der Waals surface area (Å²) in [7, 11) is 1.35. The molecule has 5 rings (SSSR count). The van der Waals surface area contributed by atoms with Crippen LogP contribution in [0.3, 0.4) is 0 Å². The molecule has 0 spiro atoms. The highest BCUT2D eigenvalue weighted by Crippen LogP contribution is 2.46. The summed E-state index contributed by atoms with van der Waals surface area (Å²) in [6, 6.07) is 22.9. The van der Waals surface area contributed by atoms with Crippen LogP contribution in [-0.2, 0) is 9.53 Å². The third-order valence-electron chi connectivity index (χ3n) is 6.32. The van der Waals surface area contributed by atoms with Crippen molar-refractivity contribution in [2.24, 2.45) is 0 Å². The second kappa shape index (κ2) is 7.68. The van der Waals surface area contributed by atoms with Crippen molar-refractivity contribution in [2.45, 2.75) is 25.9 Å². The van der Waals surface area contributed by atoms with E-state index >= 15 is 0 Å². The molecule has 1 aromatic heterocycles. The minimum Gasteiger partial charge on any atom is -0.467 e. The van der Waals surface area contributed by atoms with Crippen molar-refractivity contribution in [1.82, 2.24) is 9.88 Å². The molecule has 1 aliphatic heterocycles. The number of aromatic nitrogens is 1. The van der Waals surface area contributed by atoms with Crippen LogP contribution >= 0.6 is 0 Å². The van der Waals surface area contributed by atoms with Crippen molar-refractivity contribution < 1.29 is 14.3 Å². The number of hydrogen-bond donors (Lipinski definition) is 1. The maximum Gasteiger partial charge on any atom is 0.328 e. The summed E-state index contributed by atoms with van der Waals surface area (Å²) in [4.78, 5) is 31.3. The standard InChI is InChI=1S/C27H24N2O3/c1-16-12-14-18(15-13-16)24-23(21-10-6-7-11-22(21)28-24)25-19-8-4-5-9-20(19)26(30)29(25)17(2)27(31)32-3/h4-15,17,25,28H,1-3H3/t17-,25-/m1/s1. The molecule has 0 fully saturated rings. The molecule has 5 nitrogen and oxygen atoms in total. The zero-order valence-electron chi connectivity index (χ0n) is 18.3. The Morgan fingerprint density at radius 1 is 1.00 bits per heavy atom. The Morgan fingerprint density at radius 3 is 2.44 bits per heavy atom. The smallest absolute Gasteiger partial charge is 0.328 e. The lowest BCUT2D eigenvalue weighted by Gasteiger charge is -2.30. The predicted octanol–water partition coefficient (Wildman–Crippen LogP) is 5.25. The molecular formula is C27H24N2O3. The van der Waals surface area contributed by atoms with Gasteiger partial charge in [-0.25, -0.2) is 4.79 Å². The van der Waals surface area contributed by atoms with E-state index in [1.807, 2.05) is 42.5 Å². The van der Waals surface area contributed by atoms with Crippen molar-refractivity contribution in [3.05, 3.63) is 95.1 Å². The van der Waals surface area contributed by atoms with Gasteiger partial charge in [0.15, 0.2) is 0 Å². The summed E-state index contributed by atoms with van der Waals surface area (Å²) >= 11 is 0. The molecule has 2 heterocycles. The normalized spacial score (nSPS) is 16.3. The first-order chi connectivity index (χ1) is 15.5. The number of methoxy groups -OCH3 is 1. The third-order valence-corrected chi connectivity index (χ3v) is 6.32. The lowest BCUT2D eigenvalue weighted by atomic mass is 9.92. The molecule has 0 unspecified atom stereocenters. The number of amides is 1. The predicted molar refractivity (Wildman–Crippen MR) is 124 cm³/mol. The number of aryl methyl sites for hydroxylation is 1. The number of rotatable bonds is 4. The molecule has 160 valence electrons. The quantitative estimate of drug-likeness (QED) is 0.455. The molecule has 0 aliphatic carbocycles. The van der Waals surface area contributed by atoms with Crippen molar-refractivity contribution in [1.29, 1.82) is 0 Å². The summed E-state index contributed by atoms with van der Waals surface area (Å²) in [6.07, 6.45) is 0. The van der Waals surface area contributed by atoms with E-state index in [1.165, 1.54) is 12.7 Å². The van der Waals surface area contributed by atoms with Crippen molar-refractivity contribution >= 4 is 22.8 Å². The highest BCUT2D eigenvalue weighted by molar-refractivity contribution is 6.03. The van der Waals surface area contributed by atoms with E-state index in [-0.39, 0.29) is 5.91 Å². The largest absolute Gasteiger partial charge is 0.467 e. The number of aromatic amines is 1. The molecule has 0 bridgehead atoms. The van der Waals surface area contributed by atoms with E-state index in [4.69, 9.17) is 4.74 Å². The van der Waals surface area contributed by atoms with Gasteiger partial charge in [0.2, 0.25) is 0 Å². The molecule has 1 amide bonds. The minimum atomic E-state index is -0.732. The zero-order valence-corrected chi connectivity index (χ0v) is 18.3. The fraction of sp³-hybridized carbons (Fsp3) is 0.185. The Hall–Kier alpha value is -3.86. The second-order valence-corrected chi connectivity index (χ2v) is 8.23. The van der Waals surface area contributed by atoms with Crippen LogP contribution in [0.1, 0.15) is 40.0 Å². The monoisotopic (exact) mass is 424 g/mol. The summed E-state index contributed by atoms with van der Waals surface area (Å²) in [5.74, 6) is -0.600. The molecule has 1 N–H and O–H groups in total. The van der Waals surface area contributed by atoms with Gasteiger partial charge in [0.25, 0.3) is 5.91 Å². The first-order valence-corrected chi connectivity index (χ1v) is 10.7. The van der Waals surface area contributed by atoms with E-state index in [0.29, 0.717) is 5.56 Å². The molecule has 32 heavy (non-hydrogen) atoms. The second-order valence-electron chi connectivity index (χ2n) is 8.23. The van der Waals surface area contributed by atoms with Gasteiger partial charge in [-0.3, -0.25) is 4.79 Å². The Labute approximate surface area is 186 Å². The van der Waals surface area contributed by atoms with Crippen LogP contribution in [0.25, 0.3) is 22.2 Å². The Balaban J connectivity index is 1.81. The van der Waals surface area contributed by atoms with Gasteiger partial charge in [-0.05, 0) is 37.1 Å². The lowest BCUT2D eigenvalue weighted by Crippen LogP contribution is -2.42. The number of carbonyl (C=O) groups is 2. The Kier molecular flexibility index (Phi) is 4.82. The molecule has 5 heteroatoms. The SMILES string of the molecule is COC(=O)[C@@H](C)N1C(=O)c2ccccc2[C@@H]1c1c(-c2ccc(C)cc2)[nH]c2ccccc12. The van der Waals surface area contributed by atoms with Crippen LogP contribution in [0.2, 0.25) is 0 Å². The average molecular weight is 425 g/mol. The van der Waals surface area contributed by atoms with Crippen molar-refractivity contribution in [2.75, 3.05) is 7.11 Å². The summed E-state index contributed by atoms with van der Waals surface area (Å²) < 4.78 is 5.01. The number of H-pyrrole nitrogens is 1. The number of fused-ring (bicyclic) bond motifs is 2. The van der Waals surface area contributed by atoms with Gasteiger partial charge >= 0.3 is 5.97 Å². The van der Waals surface area contributed by atoms with E-state index in [0.717, 1.165) is 33.3 Å². The van der Waals surface area contributed by atoms with E-state index in [2.05, 4.69) is 42.2 Å².